The first-order chi connectivity index (χ1) is 10.6. The number of hydrogen-bond donors (Lipinski definition) is 1. The molecule has 118 valence electrons. The Balaban J connectivity index is 2.02. The van der Waals surface area contributed by atoms with E-state index < -0.39 is 0 Å². The Morgan fingerprint density at radius 2 is 2.27 bits per heavy atom. The molecule has 5 nitrogen and oxygen atoms in total. The van der Waals surface area contributed by atoms with Gasteiger partial charge in [-0.2, -0.15) is 5.26 Å². The van der Waals surface area contributed by atoms with Crippen LogP contribution < -0.4 is 10.5 Å². The van der Waals surface area contributed by atoms with Crippen LogP contribution >= 0.6 is 0 Å². The molecule has 0 spiro atoms. The molecule has 5 heteroatoms. The number of carbonyl (C=O) groups is 1. The predicted molar refractivity (Wildman–Crippen MR) is 84.1 cm³/mol. The molecule has 2 rings (SSSR count). The number of nitrogens with two attached hydrogens (primary N) is 1. The summed E-state index contributed by atoms with van der Waals surface area (Å²) < 4.78 is 5.39. The molecule has 1 amide bonds. The van der Waals surface area contributed by atoms with E-state index in [9.17, 15) is 4.79 Å². The van der Waals surface area contributed by atoms with E-state index >= 15 is 0 Å². The summed E-state index contributed by atoms with van der Waals surface area (Å²) in [5, 5.41) is 9.05. The number of likely N-dealkylation sites (tertiary alicyclic amines) is 1. The lowest BCUT2D eigenvalue weighted by Crippen LogP contribution is -2.25. The highest BCUT2D eigenvalue weighted by atomic mass is 16.5. The largest absolute Gasteiger partial charge is 0.496 e. The fraction of sp³-hybridized carbons (Fsp3) is 0.529. The van der Waals surface area contributed by atoms with E-state index in [1.54, 1.807) is 13.2 Å². The number of hydrogen-bond acceptors (Lipinski definition) is 4. The molecule has 1 saturated heterocycles. The lowest BCUT2D eigenvalue weighted by molar-refractivity contribution is -0.119. The van der Waals surface area contributed by atoms with Crippen LogP contribution in [-0.4, -0.2) is 31.0 Å². The zero-order chi connectivity index (χ0) is 15.9. The average molecular weight is 301 g/mol. The molecule has 0 aromatic heterocycles. The minimum atomic E-state index is -0.207. The second-order valence-corrected chi connectivity index (χ2v) is 5.88. The van der Waals surface area contributed by atoms with Crippen molar-refractivity contribution in [2.75, 3.05) is 20.2 Å². The van der Waals surface area contributed by atoms with Crippen LogP contribution in [0.5, 0.6) is 5.75 Å². The summed E-state index contributed by atoms with van der Waals surface area (Å²) in [6.45, 7) is 2.70. The van der Waals surface area contributed by atoms with Gasteiger partial charge >= 0.3 is 0 Å². The molecule has 1 aromatic carbocycles. The van der Waals surface area contributed by atoms with Crippen LogP contribution in [0.1, 0.15) is 36.8 Å². The van der Waals surface area contributed by atoms with E-state index in [0.29, 0.717) is 17.9 Å². The standard InChI is InChI=1S/C17H23N3O2/c1-22-16-5-4-14(11-18)9-15(16)12-20-7-2-3-13(6-8-20)10-17(19)21/h4-5,9,13H,2-3,6-8,10,12H2,1H3,(H2,19,21)/t13-/m1/s1. The third-order valence-electron chi connectivity index (χ3n) is 4.23. The molecule has 0 unspecified atom stereocenters. The van der Waals surface area contributed by atoms with E-state index in [2.05, 4.69) is 11.0 Å². The molecule has 0 bridgehead atoms. The van der Waals surface area contributed by atoms with Gasteiger partial charge in [0, 0.05) is 18.5 Å². The van der Waals surface area contributed by atoms with Crippen LogP contribution in [-0.2, 0) is 11.3 Å². The van der Waals surface area contributed by atoms with Gasteiger partial charge in [-0.1, -0.05) is 0 Å². The third-order valence-corrected chi connectivity index (χ3v) is 4.23. The van der Waals surface area contributed by atoms with Gasteiger partial charge in [-0.3, -0.25) is 9.69 Å². The summed E-state index contributed by atoms with van der Waals surface area (Å²) in [6, 6.07) is 7.69. The maximum absolute atomic E-state index is 11.1. The number of rotatable bonds is 5. The summed E-state index contributed by atoms with van der Waals surface area (Å²) >= 11 is 0. The number of primary amides is 1. The molecule has 2 N–H and O–H groups in total. The van der Waals surface area contributed by atoms with Gasteiger partial charge in [-0.25, -0.2) is 0 Å². The highest BCUT2D eigenvalue weighted by molar-refractivity contribution is 5.73. The Hall–Kier alpha value is -2.06. The molecule has 0 saturated carbocycles. The predicted octanol–water partition coefficient (Wildman–Crippen LogP) is 2.04. The number of nitrogens with zero attached hydrogens (tertiary/aromatic N) is 2. The van der Waals surface area contributed by atoms with Crippen LogP contribution in [0, 0.1) is 17.2 Å². The van der Waals surface area contributed by atoms with Gasteiger partial charge in [0.1, 0.15) is 5.75 Å². The van der Waals surface area contributed by atoms with Crippen molar-refractivity contribution in [1.82, 2.24) is 4.90 Å². The number of carbonyl (C=O) groups excluding carboxylic acids is 1. The van der Waals surface area contributed by atoms with Crippen molar-refractivity contribution in [2.45, 2.75) is 32.2 Å². The van der Waals surface area contributed by atoms with Gasteiger partial charge in [0.2, 0.25) is 5.91 Å². The number of methoxy groups -OCH3 is 1. The van der Waals surface area contributed by atoms with Crippen LogP contribution in [0.2, 0.25) is 0 Å². The molecule has 0 aliphatic carbocycles. The highest BCUT2D eigenvalue weighted by Gasteiger charge is 2.19. The Kier molecular flexibility index (Phi) is 5.79. The molecule has 1 aliphatic heterocycles. The van der Waals surface area contributed by atoms with Crippen molar-refractivity contribution < 1.29 is 9.53 Å². The van der Waals surface area contributed by atoms with Gasteiger partial charge in [-0.15, -0.1) is 0 Å². The van der Waals surface area contributed by atoms with Gasteiger partial charge < -0.3 is 10.5 Å². The second-order valence-electron chi connectivity index (χ2n) is 5.88. The van der Waals surface area contributed by atoms with Gasteiger partial charge in [0.15, 0.2) is 0 Å². The molecule has 22 heavy (non-hydrogen) atoms. The summed E-state index contributed by atoms with van der Waals surface area (Å²) in [7, 11) is 1.65. The Bertz CT molecular complexity index is 566. The highest BCUT2D eigenvalue weighted by Crippen LogP contribution is 2.25. The fourth-order valence-corrected chi connectivity index (χ4v) is 3.08. The monoisotopic (exact) mass is 301 g/mol. The second kappa shape index (κ2) is 7.81. The van der Waals surface area contributed by atoms with Crippen LogP contribution in [0.3, 0.4) is 0 Å². The van der Waals surface area contributed by atoms with E-state index in [0.717, 1.165) is 50.2 Å². The summed E-state index contributed by atoms with van der Waals surface area (Å²) in [5.41, 5.74) is 6.99. The molecule has 1 aliphatic rings. The number of benzene rings is 1. The first-order valence-corrected chi connectivity index (χ1v) is 7.70. The molecular formula is C17H23N3O2. The maximum Gasteiger partial charge on any atom is 0.217 e. The summed E-state index contributed by atoms with van der Waals surface area (Å²) in [6.07, 6.45) is 3.59. The lowest BCUT2D eigenvalue weighted by Gasteiger charge is -2.21. The lowest BCUT2D eigenvalue weighted by atomic mass is 9.97. The minimum Gasteiger partial charge on any atom is -0.496 e. The molecule has 0 radical (unpaired) electrons. The van der Waals surface area contributed by atoms with Crippen molar-refractivity contribution >= 4 is 5.91 Å². The third kappa shape index (κ3) is 4.47. The average Bonchev–Trinajstić information content (AvgIpc) is 2.72. The Morgan fingerprint density at radius 1 is 1.45 bits per heavy atom. The van der Waals surface area contributed by atoms with Crippen LogP contribution in [0.4, 0.5) is 0 Å². The summed E-state index contributed by atoms with van der Waals surface area (Å²) in [4.78, 5) is 13.4. The van der Waals surface area contributed by atoms with Gasteiger partial charge in [-0.05, 0) is 56.5 Å². The topological polar surface area (TPSA) is 79.3 Å². The molecule has 1 atom stereocenters. The van der Waals surface area contributed by atoms with Crippen molar-refractivity contribution in [3.8, 4) is 11.8 Å². The van der Waals surface area contributed by atoms with Crippen molar-refractivity contribution in [3.63, 3.8) is 0 Å². The van der Waals surface area contributed by atoms with Gasteiger partial charge in [0.25, 0.3) is 0 Å². The molecule has 1 fully saturated rings. The number of nitriles is 1. The normalized spacial score (nSPS) is 19.2. The first-order valence-electron chi connectivity index (χ1n) is 7.70. The molecular weight excluding hydrogens is 278 g/mol. The maximum atomic E-state index is 11.1. The van der Waals surface area contributed by atoms with Crippen LogP contribution in [0.25, 0.3) is 0 Å². The fourth-order valence-electron chi connectivity index (χ4n) is 3.08. The van der Waals surface area contributed by atoms with E-state index in [1.165, 1.54) is 0 Å². The van der Waals surface area contributed by atoms with Crippen molar-refractivity contribution in [2.24, 2.45) is 11.7 Å². The SMILES string of the molecule is COc1ccc(C#N)cc1CN1CCC[C@@H](CC(N)=O)CC1. The number of amides is 1. The van der Waals surface area contributed by atoms with E-state index in [1.807, 2.05) is 12.1 Å². The molecule has 1 heterocycles. The smallest absolute Gasteiger partial charge is 0.217 e. The van der Waals surface area contributed by atoms with Crippen molar-refractivity contribution in [1.29, 1.82) is 5.26 Å². The number of ether oxygens (including phenoxy) is 1. The van der Waals surface area contributed by atoms with E-state index in [4.69, 9.17) is 15.7 Å². The van der Waals surface area contributed by atoms with Crippen LogP contribution in [0.15, 0.2) is 18.2 Å². The van der Waals surface area contributed by atoms with Gasteiger partial charge in [0.05, 0.1) is 18.7 Å². The Morgan fingerprint density at radius 3 is 2.95 bits per heavy atom. The summed E-state index contributed by atoms with van der Waals surface area (Å²) in [5.74, 6) is 1.01. The first kappa shape index (κ1) is 16.3. The Labute approximate surface area is 131 Å². The zero-order valence-corrected chi connectivity index (χ0v) is 13.0. The minimum absolute atomic E-state index is 0.207. The zero-order valence-electron chi connectivity index (χ0n) is 13.0. The van der Waals surface area contributed by atoms with E-state index in [-0.39, 0.29) is 5.91 Å². The van der Waals surface area contributed by atoms with Crippen molar-refractivity contribution in [3.05, 3.63) is 29.3 Å². The quantitative estimate of drug-likeness (QED) is 0.902. The molecule has 1 aromatic rings.